The Morgan fingerprint density at radius 2 is 1.72 bits per heavy atom. The van der Waals surface area contributed by atoms with Crippen LogP contribution in [0, 0.1) is 0 Å². The van der Waals surface area contributed by atoms with Gasteiger partial charge in [-0.25, -0.2) is 4.79 Å². The molecule has 108 valence electrons. The predicted molar refractivity (Wildman–Crippen MR) is 76.8 cm³/mol. The quantitative estimate of drug-likeness (QED) is 0.308. The van der Waals surface area contributed by atoms with Crippen molar-refractivity contribution in [3.63, 3.8) is 0 Å². The zero-order valence-electron chi connectivity index (χ0n) is 10.5. The highest BCUT2D eigenvalue weighted by molar-refractivity contribution is 14.2. The molecule has 1 N–H and O–H groups in total. The Balaban J connectivity index is 3.43. The van der Waals surface area contributed by atoms with E-state index in [2.05, 4.69) is 0 Å². The van der Waals surface area contributed by atoms with Crippen LogP contribution in [0.3, 0.4) is 0 Å². The number of halogens is 1. The summed E-state index contributed by atoms with van der Waals surface area (Å²) in [6, 6.07) is 0. The number of hydrogen-bond donors (Lipinski definition) is 1. The molecule has 0 spiro atoms. The number of aliphatic carboxylic acids is 1. The van der Waals surface area contributed by atoms with Crippen LogP contribution in [0.1, 0.15) is 13.8 Å². The van der Waals surface area contributed by atoms with Crippen LogP contribution in [-0.2, 0) is 23.2 Å². The van der Waals surface area contributed by atoms with Crippen molar-refractivity contribution in [3.05, 3.63) is 0 Å². The normalized spacial score (nSPS) is 14.4. The smallest absolute Gasteiger partial charge is 0.329 e. The van der Waals surface area contributed by atoms with E-state index in [0.717, 1.165) is 0 Å². The lowest BCUT2D eigenvalue weighted by Crippen LogP contribution is -2.28. The van der Waals surface area contributed by atoms with Crippen LogP contribution < -0.4 is 0 Å². The van der Waals surface area contributed by atoms with Gasteiger partial charge in [0.1, 0.15) is 6.61 Å². The van der Waals surface area contributed by atoms with Crippen molar-refractivity contribution in [1.82, 2.24) is 0 Å². The minimum absolute atomic E-state index is 0.0488. The van der Waals surface area contributed by atoms with Crippen LogP contribution in [-0.4, -0.2) is 56.3 Å². The Labute approximate surface area is 123 Å². The summed E-state index contributed by atoms with van der Waals surface area (Å²) < 4.78 is 20.9. The van der Waals surface area contributed by atoms with Gasteiger partial charge < -0.3 is 23.5 Å². The molecule has 0 bridgehead atoms. The van der Waals surface area contributed by atoms with Gasteiger partial charge in [-0.1, -0.05) is 0 Å². The van der Waals surface area contributed by atoms with Crippen LogP contribution in [0.4, 0.5) is 0 Å². The third kappa shape index (κ3) is 11.5. The lowest BCUT2D eigenvalue weighted by Gasteiger charge is -2.20. The molecular weight excluding hydrogens is 375 g/mol. The summed E-state index contributed by atoms with van der Waals surface area (Å²) in [5.41, 5.74) is 0. The van der Waals surface area contributed by atoms with Gasteiger partial charge in [0.25, 0.3) is 0 Å². The SMILES string of the molecule is C[C@@H](OCCOCC(=O)O)[C@@H](C)OCCOSI. The van der Waals surface area contributed by atoms with Gasteiger partial charge in [-0.05, 0) is 13.8 Å². The minimum atomic E-state index is -0.979. The molecule has 0 aromatic carbocycles. The molecule has 8 heteroatoms. The number of carbonyl (C=O) groups is 1. The van der Waals surface area contributed by atoms with Crippen LogP contribution in [0.25, 0.3) is 0 Å². The van der Waals surface area contributed by atoms with E-state index in [9.17, 15) is 4.79 Å². The summed E-state index contributed by atoms with van der Waals surface area (Å²) in [6.45, 7) is 5.18. The highest BCUT2D eigenvalue weighted by atomic mass is 127. The van der Waals surface area contributed by atoms with Gasteiger partial charge in [-0.15, -0.1) is 0 Å². The van der Waals surface area contributed by atoms with E-state index in [4.69, 9.17) is 23.5 Å². The molecule has 0 aliphatic rings. The first-order valence-corrected chi connectivity index (χ1v) is 8.79. The summed E-state index contributed by atoms with van der Waals surface area (Å²) in [7, 11) is 1.28. The van der Waals surface area contributed by atoms with Crippen molar-refractivity contribution < 1.29 is 28.3 Å². The van der Waals surface area contributed by atoms with Crippen molar-refractivity contribution in [2.75, 3.05) is 33.0 Å². The van der Waals surface area contributed by atoms with E-state index in [-0.39, 0.29) is 25.4 Å². The average Bonchev–Trinajstić information content (AvgIpc) is 2.33. The number of carboxylic acids is 1. The van der Waals surface area contributed by atoms with Gasteiger partial charge in [0.15, 0.2) is 0 Å². The average molecular weight is 394 g/mol. The molecule has 2 atom stereocenters. The molecule has 0 saturated heterocycles. The Bertz CT molecular complexity index is 219. The number of carboxylic acid groups (broad SMARTS) is 1. The van der Waals surface area contributed by atoms with Gasteiger partial charge in [-0.2, -0.15) is 0 Å². The van der Waals surface area contributed by atoms with Crippen LogP contribution in [0.15, 0.2) is 0 Å². The molecule has 0 aliphatic heterocycles. The Hall–Kier alpha value is 0.390. The lowest BCUT2D eigenvalue weighted by atomic mass is 10.2. The van der Waals surface area contributed by atoms with E-state index in [1.165, 1.54) is 9.21 Å². The Kier molecular flexibility index (Phi) is 12.7. The second kappa shape index (κ2) is 12.4. The van der Waals surface area contributed by atoms with Crippen LogP contribution >= 0.6 is 30.4 Å². The fourth-order valence-electron chi connectivity index (χ4n) is 1.02. The number of ether oxygens (including phenoxy) is 3. The molecule has 0 heterocycles. The molecule has 0 amide bonds. The third-order valence-electron chi connectivity index (χ3n) is 2.09. The molecule has 6 nitrogen and oxygen atoms in total. The third-order valence-corrected chi connectivity index (χ3v) is 3.11. The largest absolute Gasteiger partial charge is 0.480 e. The topological polar surface area (TPSA) is 74.2 Å². The number of hydrogen-bond acceptors (Lipinski definition) is 6. The van der Waals surface area contributed by atoms with Gasteiger partial charge in [0.2, 0.25) is 0 Å². The van der Waals surface area contributed by atoms with E-state index < -0.39 is 5.97 Å². The lowest BCUT2D eigenvalue weighted by molar-refractivity contribution is -0.143. The maximum atomic E-state index is 10.2. The van der Waals surface area contributed by atoms with E-state index >= 15 is 0 Å². The second-order valence-corrected chi connectivity index (χ2v) is 4.92. The fraction of sp³-hybridized carbons (Fsp3) is 0.900. The molecule has 0 aromatic heterocycles. The molecule has 0 rings (SSSR count). The summed E-state index contributed by atoms with van der Waals surface area (Å²) >= 11 is 2.05. The highest BCUT2D eigenvalue weighted by Gasteiger charge is 2.12. The fourth-order valence-corrected chi connectivity index (χ4v) is 1.69. The number of rotatable bonds is 12. The van der Waals surface area contributed by atoms with Crippen LogP contribution in [0.5, 0.6) is 0 Å². The van der Waals surface area contributed by atoms with Crippen molar-refractivity contribution in [2.24, 2.45) is 0 Å². The van der Waals surface area contributed by atoms with Crippen molar-refractivity contribution in [2.45, 2.75) is 26.1 Å². The Morgan fingerprint density at radius 3 is 2.22 bits per heavy atom. The molecule has 0 radical (unpaired) electrons. The zero-order chi connectivity index (χ0) is 13.8. The maximum absolute atomic E-state index is 10.2. The van der Waals surface area contributed by atoms with Crippen LogP contribution in [0.2, 0.25) is 0 Å². The predicted octanol–water partition coefficient (Wildman–Crippen LogP) is 1.91. The monoisotopic (exact) mass is 394 g/mol. The summed E-state index contributed by atoms with van der Waals surface area (Å²) in [5.74, 6) is -0.979. The first-order chi connectivity index (χ1) is 8.57. The van der Waals surface area contributed by atoms with Gasteiger partial charge in [0, 0.05) is 21.2 Å². The van der Waals surface area contributed by atoms with Gasteiger partial charge in [0.05, 0.1) is 47.8 Å². The molecule has 0 fully saturated rings. The second-order valence-electron chi connectivity index (χ2n) is 3.48. The molecule has 0 aromatic rings. The Morgan fingerprint density at radius 1 is 1.17 bits per heavy atom. The zero-order valence-corrected chi connectivity index (χ0v) is 13.4. The van der Waals surface area contributed by atoms with Crippen molar-refractivity contribution >= 4 is 36.4 Å². The van der Waals surface area contributed by atoms with E-state index in [0.29, 0.717) is 19.8 Å². The van der Waals surface area contributed by atoms with Crippen molar-refractivity contribution in [1.29, 1.82) is 0 Å². The molecule has 0 saturated carbocycles. The molecule has 0 aliphatic carbocycles. The first-order valence-electron chi connectivity index (χ1n) is 5.51. The van der Waals surface area contributed by atoms with Crippen molar-refractivity contribution in [3.8, 4) is 0 Å². The maximum Gasteiger partial charge on any atom is 0.329 e. The van der Waals surface area contributed by atoms with E-state index in [1.807, 2.05) is 35.1 Å². The summed E-state index contributed by atoms with van der Waals surface area (Å²) in [5, 5.41) is 8.35. The standard InChI is InChI=1S/C10H19IO6S/c1-8(9(2)16-5-6-17-18-11)15-4-3-14-7-10(12)13/h8-9H,3-7H2,1-2H3,(H,12,13)/t8-,9-/m1/s1. The molecule has 0 unspecified atom stereocenters. The highest BCUT2D eigenvalue weighted by Crippen LogP contribution is 2.11. The minimum Gasteiger partial charge on any atom is -0.480 e. The van der Waals surface area contributed by atoms with Gasteiger partial charge in [-0.3, -0.25) is 0 Å². The summed E-state index contributed by atoms with van der Waals surface area (Å²) in [6.07, 6.45) is -0.127. The molecule has 18 heavy (non-hydrogen) atoms. The molecular formula is C10H19IO6S. The van der Waals surface area contributed by atoms with Gasteiger partial charge >= 0.3 is 5.97 Å². The van der Waals surface area contributed by atoms with E-state index in [1.54, 1.807) is 0 Å². The first kappa shape index (κ1) is 18.4. The summed E-state index contributed by atoms with van der Waals surface area (Å²) in [4.78, 5) is 10.2.